The topological polar surface area (TPSA) is 70.0 Å². The first-order valence-corrected chi connectivity index (χ1v) is 8.09. The first-order valence-electron chi connectivity index (χ1n) is 6.60. The van der Waals surface area contributed by atoms with Gasteiger partial charge in [0.05, 0.1) is 11.0 Å². The Hall–Kier alpha value is -1.38. The van der Waals surface area contributed by atoms with E-state index in [2.05, 4.69) is 10.8 Å². The standard InChI is InChI=1S/C14H18N2O2S/c15-11-14(12-7-3-1-4-8-12)16-19(17,18)13-9-5-2-6-10-13/h2,5-6,9-10,12,14,16H,1,3-4,7-8H2. The highest BCUT2D eigenvalue weighted by Crippen LogP contribution is 2.27. The predicted octanol–water partition coefficient (Wildman–Crippen LogP) is 2.44. The molecule has 0 spiro atoms. The van der Waals surface area contributed by atoms with Crippen molar-refractivity contribution in [2.45, 2.75) is 43.0 Å². The molecule has 1 saturated carbocycles. The monoisotopic (exact) mass is 278 g/mol. The van der Waals surface area contributed by atoms with Crippen molar-refractivity contribution in [3.8, 4) is 6.07 Å². The normalized spacial score (nSPS) is 18.7. The first-order chi connectivity index (χ1) is 9.13. The van der Waals surface area contributed by atoms with Crippen LogP contribution in [0, 0.1) is 17.2 Å². The molecule has 1 aliphatic rings. The molecule has 0 aromatic heterocycles. The Labute approximate surface area is 114 Å². The number of benzene rings is 1. The van der Waals surface area contributed by atoms with Gasteiger partial charge in [0.1, 0.15) is 6.04 Å². The van der Waals surface area contributed by atoms with Gasteiger partial charge in [-0.3, -0.25) is 0 Å². The van der Waals surface area contributed by atoms with Gasteiger partial charge >= 0.3 is 0 Å². The van der Waals surface area contributed by atoms with Gasteiger partial charge in [0.15, 0.2) is 0 Å². The smallest absolute Gasteiger partial charge is 0.207 e. The Morgan fingerprint density at radius 1 is 1.16 bits per heavy atom. The van der Waals surface area contributed by atoms with Crippen LogP contribution in [0.15, 0.2) is 35.2 Å². The molecule has 0 aliphatic heterocycles. The molecule has 1 aromatic rings. The summed E-state index contributed by atoms with van der Waals surface area (Å²) in [6.07, 6.45) is 5.19. The SMILES string of the molecule is N#CC(NS(=O)(=O)c1ccccc1)C1CCCCC1. The third kappa shape index (κ3) is 3.55. The van der Waals surface area contributed by atoms with Crippen LogP contribution in [0.4, 0.5) is 0 Å². The minimum atomic E-state index is -3.59. The van der Waals surface area contributed by atoms with E-state index in [4.69, 9.17) is 0 Å². The maximum Gasteiger partial charge on any atom is 0.241 e. The maximum absolute atomic E-state index is 12.2. The van der Waals surface area contributed by atoms with Crippen molar-refractivity contribution in [3.63, 3.8) is 0 Å². The van der Waals surface area contributed by atoms with Gasteiger partial charge in [0, 0.05) is 0 Å². The lowest BCUT2D eigenvalue weighted by Gasteiger charge is -2.26. The lowest BCUT2D eigenvalue weighted by atomic mass is 9.85. The second-order valence-corrected chi connectivity index (χ2v) is 6.65. The lowest BCUT2D eigenvalue weighted by Crippen LogP contribution is -2.40. The van der Waals surface area contributed by atoms with Crippen LogP contribution >= 0.6 is 0 Å². The van der Waals surface area contributed by atoms with Crippen molar-refractivity contribution < 1.29 is 8.42 Å². The largest absolute Gasteiger partial charge is 0.241 e. The van der Waals surface area contributed by atoms with E-state index in [0.717, 1.165) is 25.7 Å². The molecular weight excluding hydrogens is 260 g/mol. The van der Waals surface area contributed by atoms with Gasteiger partial charge in [0.2, 0.25) is 10.0 Å². The molecular formula is C14H18N2O2S. The van der Waals surface area contributed by atoms with E-state index in [1.54, 1.807) is 18.2 Å². The number of rotatable bonds is 4. The molecule has 0 amide bonds. The summed E-state index contributed by atoms with van der Waals surface area (Å²) < 4.78 is 26.9. The molecule has 2 rings (SSSR count). The molecule has 1 unspecified atom stereocenters. The van der Waals surface area contributed by atoms with E-state index in [9.17, 15) is 13.7 Å². The van der Waals surface area contributed by atoms with Gasteiger partial charge in [0.25, 0.3) is 0 Å². The molecule has 0 radical (unpaired) electrons. The molecule has 1 fully saturated rings. The molecule has 102 valence electrons. The molecule has 1 atom stereocenters. The Kier molecular flexibility index (Phi) is 4.56. The van der Waals surface area contributed by atoms with Crippen LogP contribution in [-0.4, -0.2) is 14.5 Å². The molecule has 5 heteroatoms. The van der Waals surface area contributed by atoms with Crippen LogP contribution in [0.2, 0.25) is 0 Å². The van der Waals surface area contributed by atoms with Crippen LogP contribution in [0.5, 0.6) is 0 Å². The van der Waals surface area contributed by atoms with E-state index in [1.165, 1.54) is 18.6 Å². The second kappa shape index (κ2) is 6.18. The van der Waals surface area contributed by atoms with Crippen LogP contribution in [0.3, 0.4) is 0 Å². The molecule has 1 N–H and O–H groups in total. The number of hydrogen-bond donors (Lipinski definition) is 1. The number of sulfonamides is 1. The highest BCUT2D eigenvalue weighted by atomic mass is 32.2. The Bertz CT molecular complexity index is 543. The summed E-state index contributed by atoms with van der Waals surface area (Å²) in [6.45, 7) is 0. The molecule has 0 heterocycles. The quantitative estimate of drug-likeness (QED) is 0.919. The number of hydrogen-bond acceptors (Lipinski definition) is 3. The van der Waals surface area contributed by atoms with Gasteiger partial charge in [-0.1, -0.05) is 37.5 Å². The highest BCUT2D eigenvalue weighted by molar-refractivity contribution is 7.89. The van der Waals surface area contributed by atoms with Crippen molar-refractivity contribution >= 4 is 10.0 Å². The molecule has 4 nitrogen and oxygen atoms in total. The summed E-state index contributed by atoms with van der Waals surface area (Å²) in [5, 5.41) is 9.21. The average molecular weight is 278 g/mol. The van der Waals surface area contributed by atoms with Crippen molar-refractivity contribution in [2.75, 3.05) is 0 Å². The minimum absolute atomic E-state index is 0.136. The van der Waals surface area contributed by atoms with Gasteiger partial charge in [-0.15, -0.1) is 0 Å². The fraction of sp³-hybridized carbons (Fsp3) is 0.500. The van der Waals surface area contributed by atoms with Crippen LogP contribution in [0.25, 0.3) is 0 Å². The zero-order valence-corrected chi connectivity index (χ0v) is 11.6. The second-order valence-electron chi connectivity index (χ2n) is 4.94. The van der Waals surface area contributed by atoms with Crippen molar-refractivity contribution in [3.05, 3.63) is 30.3 Å². The fourth-order valence-electron chi connectivity index (χ4n) is 2.53. The third-order valence-electron chi connectivity index (χ3n) is 3.60. The predicted molar refractivity (Wildman–Crippen MR) is 72.7 cm³/mol. The zero-order valence-electron chi connectivity index (χ0n) is 10.7. The van der Waals surface area contributed by atoms with Crippen LogP contribution in [-0.2, 0) is 10.0 Å². The summed E-state index contributed by atoms with van der Waals surface area (Å²) in [7, 11) is -3.59. The molecule has 1 aromatic carbocycles. The molecule has 19 heavy (non-hydrogen) atoms. The minimum Gasteiger partial charge on any atom is -0.207 e. The van der Waals surface area contributed by atoms with Crippen LogP contribution < -0.4 is 4.72 Å². The molecule has 1 aliphatic carbocycles. The van der Waals surface area contributed by atoms with E-state index in [1.807, 2.05) is 0 Å². The summed E-state index contributed by atoms with van der Waals surface area (Å²) in [4.78, 5) is 0.214. The van der Waals surface area contributed by atoms with Crippen molar-refractivity contribution in [2.24, 2.45) is 5.92 Å². The van der Waals surface area contributed by atoms with Crippen LogP contribution in [0.1, 0.15) is 32.1 Å². The summed E-state index contributed by atoms with van der Waals surface area (Å²) in [5.74, 6) is 0.136. The van der Waals surface area contributed by atoms with E-state index in [0.29, 0.717) is 0 Å². The van der Waals surface area contributed by atoms with Gasteiger partial charge in [-0.2, -0.15) is 9.98 Å². The van der Waals surface area contributed by atoms with E-state index >= 15 is 0 Å². The fourth-order valence-corrected chi connectivity index (χ4v) is 3.76. The van der Waals surface area contributed by atoms with Crippen molar-refractivity contribution in [1.29, 1.82) is 5.26 Å². The number of nitriles is 1. The molecule has 0 saturated heterocycles. The van der Waals surface area contributed by atoms with E-state index in [-0.39, 0.29) is 10.8 Å². The van der Waals surface area contributed by atoms with E-state index < -0.39 is 16.1 Å². The molecule has 0 bridgehead atoms. The van der Waals surface area contributed by atoms with Gasteiger partial charge in [-0.05, 0) is 30.9 Å². The van der Waals surface area contributed by atoms with Crippen molar-refractivity contribution in [1.82, 2.24) is 4.72 Å². The maximum atomic E-state index is 12.2. The first kappa shape index (κ1) is 14.0. The Morgan fingerprint density at radius 3 is 2.37 bits per heavy atom. The Balaban J connectivity index is 2.12. The summed E-state index contributed by atoms with van der Waals surface area (Å²) in [6, 6.07) is 9.69. The van der Waals surface area contributed by atoms with Gasteiger partial charge < -0.3 is 0 Å². The van der Waals surface area contributed by atoms with Gasteiger partial charge in [-0.25, -0.2) is 8.42 Å². The third-order valence-corrected chi connectivity index (χ3v) is 5.05. The number of nitrogens with one attached hydrogen (secondary N) is 1. The average Bonchev–Trinajstić information content (AvgIpc) is 2.47. The number of nitrogens with zero attached hydrogens (tertiary/aromatic N) is 1. The Morgan fingerprint density at radius 2 is 1.79 bits per heavy atom. The summed E-state index contributed by atoms with van der Waals surface area (Å²) in [5.41, 5.74) is 0. The lowest BCUT2D eigenvalue weighted by molar-refractivity contribution is 0.324. The highest BCUT2D eigenvalue weighted by Gasteiger charge is 2.28. The summed E-state index contributed by atoms with van der Waals surface area (Å²) >= 11 is 0. The zero-order chi connectivity index (χ0) is 13.7.